The molecule has 0 saturated carbocycles. The Labute approximate surface area is 154 Å². The molecule has 1 fully saturated rings. The van der Waals surface area contributed by atoms with Crippen molar-refractivity contribution in [1.29, 1.82) is 0 Å². The molecule has 2 atom stereocenters. The van der Waals surface area contributed by atoms with Crippen molar-refractivity contribution in [3.05, 3.63) is 42.4 Å². The Kier molecular flexibility index (Phi) is 4.92. The molecule has 0 radical (unpaired) electrons. The standard InChI is InChI=1S/C18H23NO5S2/c1-13-8-9-19(16(11-13)17-5-4-10-24-17)15-7-6-14(25(2,20)21)12-18(15)26(3,22)23/h4-7,10,12-13,16H,8-9,11H2,1-3H3. The molecule has 1 saturated heterocycles. The molecule has 0 aliphatic carbocycles. The van der Waals surface area contributed by atoms with E-state index < -0.39 is 19.7 Å². The van der Waals surface area contributed by atoms with Gasteiger partial charge in [-0.05, 0) is 49.1 Å². The van der Waals surface area contributed by atoms with E-state index in [1.165, 1.54) is 12.1 Å². The summed E-state index contributed by atoms with van der Waals surface area (Å²) >= 11 is 0. The summed E-state index contributed by atoms with van der Waals surface area (Å²) in [6, 6.07) is 7.95. The minimum absolute atomic E-state index is 0.00148. The van der Waals surface area contributed by atoms with Crippen molar-refractivity contribution in [2.45, 2.75) is 35.6 Å². The summed E-state index contributed by atoms with van der Waals surface area (Å²) in [5, 5.41) is 0. The van der Waals surface area contributed by atoms with Crippen LogP contribution in [0, 0.1) is 5.92 Å². The summed E-state index contributed by atoms with van der Waals surface area (Å²) in [4.78, 5) is 2.05. The van der Waals surface area contributed by atoms with Gasteiger partial charge >= 0.3 is 0 Å². The van der Waals surface area contributed by atoms with Crippen LogP contribution in [0.3, 0.4) is 0 Å². The lowest BCUT2D eigenvalue weighted by atomic mass is 9.90. The molecule has 0 spiro atoms. The van der Waals surface area contributed by atoms with Gasteiger partial charge in [-0.3, -0.25) is 0 Å². The maximum atomic E-state index is 12.4. The molecule has 0 amide bonds. The van der Waals surface area contributed by atoms with E-state index in [4.69, 9.17) is 4.42 Å². The number of sulfone groups is 2. The van der Waals surface area contributed by atoms with E-state index >= 15 is 0 Å². The van der Waals surface area contributed by atoms with Gasteiger partial charge in [0.2, 0.25) is 0 Å². The van der Waals surface area contributed by atoms with Crippen LogP contribution in [-0.4, -0.2) is 35.9 Å². The molecule has 6 nitrogen and oxygen atoms in total. The average Bonchev–Trinajstić information content (AvgIpc) is 3.07. The van der Waals surface area contributed by atoms with Gasteiger partial charge in [0, 0.05) is 19.1 Å². The maximum Gasteiger partial charge on any atom is 0.177 e. The van der Waals surface area contributed by atoms with E-state index in [1.807, 2.05) is 17.0 Å². The summed E-state index contributed by atoms with van der Waals surface area (Å²) < 4.78 is 54.1. The largest absolute Gasteiger partial charge is 0.467 e. The topological polar surface area (TPSA) is 84.7 Å². The van der Waals surface area contributed by atoms with Gasteiger partial charge in [0.05, 0.1) is 27.8 Å². The van der Waals surface area contributed by atoms with Gasteiger partial charge in [0.25, 0.3) is 0 Å². The van der Waals surface area contributed by atoms with E-state index in [-0.39, 0.29) is 15.8 Å². The first-order valence-electron chi connectivity index (χ1n) is 8.41. The Balaban J connectivity index is 2.15. The molecule has 0 N–H and O–H groups in total. The Bertz CT molecular complexity index is 994. The van der Waals surface area contributed by atoms with Gasteiger partial charge < -0.3 is 9.32 Å². The molecular weight excluding hydrogens is 374 g/mol. The predicted octanol–water partition coefficient (Wildman–Crippen LogP) is 3.06. The maximum absolute atomic E-state index is 12.4. The lowest BCUT2D eigenvalue weighted by molar-refractivity contribution is 0.327. The first-order valence-corrected chi connectivity index (χ1v) is 12.2. The van der Waals surface area contributed by atoms with Crippen molar-refractivity contribution in [1.82, 2.24) is 0 Å². The van der Waals surface area contributed by atoms with Crippen LogP contribution >= 0.6 is 0 Å². The van der Waals surface area contributed by atoms with Crippen LogP contribution in [0.4, 0.5) is 5.69 Å². The lowest BCUT2D eigenvalue weighted by Crippen LogP contribution is -2.37. The highest BCUT2D eigenvalue weighted by Crippen LogP contribution is 2.40. The van der Waals surface area contributed by atoms with Gasteiger partial charge in [-0.15, -0.1) is 0 Å². The number of nitrogens with zero attached hydrogens (tertiary/aromatic N) is 1. The van der Waals surface area contributed by atoms with Gasteiger partial charge in [-0.1, -0.05) is 6.92 Å². The molecule has 2 unspecified atom stereocenters. The fourth-order valence-corrected chi connectivity index (χ4v) is 5.07. The quantitative estimate of drug-likeness (QED) is 0.788. The number of anilines is 1. The summed E-state index contributed by atoms with van der Waals surface area (Å²) in [5.41, 5.74) is 0.521. The molecule has 1 aliphatic rings. The molecule has 1 aromatic carbocycles. The van der Waals surface area contributed by atoms with Crippen molar-refractivity contribution in [3.8, 4) is 0 Å². The van der Waals surface area contributed by atoms with E-state index in [1.54, 1.807) is 12.3 Å². The third-order valence-electron chi connectivity index (χ3n) is 4.80. The fourth-order valence-electron chi connectivity index (χ4n) is 3.44. The lowest BCUT2D eigenvalue weighted by Gasteiger charge is -2.39. The first kappa shape index (κ1) is 19.0. The summed E-state index contributed by atoms with van der Waals surface area (Å²) in [6.07, 6.45) is 5.55. The number of hydrogen-bond acceptors (Lipinski definition) is 6. The molecule has 3 rings (SSSR count). The number of rotatable bonds is 4. The Hall–Kier alpha value is -1.80. The van der Waals surface area contributed by atoms with E-state index in [0.29, 0.717) is 18.2 Å². The number of hydrogen-bond donors (Lipinski definition) is 0. The van der Waals surface area contributed by atoms with Crippen LogP contribution in [0.2, 0.25) is 0 Å². The van der Waals surface area contributed by atoms with Gasteiger partial charge in [-0.25, -0.2) is 16.8 Å². The van der Waals surface area contributed by atoms with Crippen LogP contribution in [-0.2, 0) is 19.7 Å². The normalized spacial score (nSPS) is 21.7. The highest BCUT2D eigenvalue weighted by molar-refractivity contribution is 7.91. The van der Waals surface area contributed by atoms with Gasteiger partial charge in [-0.2, -0.15) is 0 Å². The summed E-state index contributed by atoms with van der Waals surface area (Å²) in [7, 11) is -7.11. The monoisotopic (exact) mass is 397 g/mol. The van der Waals surface area contributed by atoms with E-state index in [9.17, 15) is 16.8 Å². The van der Waals surface area contributed by atoms with Crippen LogP contribution < -0.4 is 4.90 Å². The zero-order valence-corrected chi connectivity index (χ0v) is 16.7. The molecule has 1 aliphatic heterocycles. The molecule has 0 bridgehead atoms. The van der Waals surface area contributed by atoms with Crippen LogP contribution in [0.1, 0.15) is 31.6 Å². The minimum atomic E-state index is -3.61. The van der Waals surface area contributed by atoms with Gasteiger partial charge in [0.1, 0.15) is 5.76 Å². The Morgan fingerprint density at radius 1 is 1.08 bits per heavy atom. The third-order valence-corrected chi connectivity index (χ3v) is 7.04. The number of furan rings is 1. The van der Waals surface area contributed by atoms with Crippen molar-refractivity contribution >= 4 is 25.4 Å². The Morgan fingerprint density at radius 3 is 2.38 bits per heavy atom. The highest BCUT2D eigenvalue weighted by atomic mass is 32.2. The summed E-state index contributed by atoms with van der Waals surface area (Å²) in [6.45, 7) is 2.84. The second-order valence-corrected chi connectivity index (χ2v) is 11.0. The van der Waals surface area contributed by atoms with Crippen molar-refractivity contribution < 1.29 is 21.3 Å². The van der Waals surface area contributed by atoms with Crippen LogP contribution in [0.15, 0.2) is 50.8 Å². The molecule has 2 aromatic rings. The highest BCUT2D eigenvalue weighted by Gasteiger charge is 2.32. The first-order chi connectivity index (χ1) is 12.1. The van der Waals surface area contributed by atoms with E-state index in [2.05, 4.69) is 6.92 Å². The van der Waals surface area contributed by atoms with Crippen molar-refractivity contribution in [2.75, 3.05) is 24.0 Å². The zero-order valence-electron chi connectivity index (χ0n) is 15.0. The van der Waals surface area contributed by atoms with Crippen molar-refractivity contribution in [2.24, 2.45) is 5.92 Å². The molecule has 8 heteroatoms. The molecular formula is C18H23NO5S2. The van der Waals surface area contributed by atoms with Crippen molar-refractivity contribution in [3.63, 3.8) is 0 Å². The Morgan fingerprint density at radius 2 is 1.81 bits per heavy atom. The zero-order chi connectivity index (χ0) is 19.1. The predicted molar refractivity (Wildman–Crippen MR) is 99.9 cm³/mol. The average molecular weight is 398 g/mol. The number of piperidine rings is 1. The molecule has 26 heavy (non-hydrogen) atoms. The third kappa shape index (κ3) is 3.81. The number of benzene rings is 1. The second kappa shape index (κ2) is 6.74. The van der Waals surface area contributed by atoms with Crippen LogP contribution in [0.5, 0.6) is 0 Å². The molecule has 142 valence electrons. The van der Waals surface area contributed by atoms with Crippen LogP contribution in [0.25, 0.3) is 0 Å². The minimum Gasteiger partial charge on any atom is -0.467 e. The SMILES string of the molecule is CC1CCN(c2ccc(S(C)(=O)=O)cc2S(C)(=O)=O)C(c2ccco2)C1. The summed E-state index contributed by atoms with van der Waals surface area (Å²) in [5.74, 6) is 1.27. The van der Waals surface area contributed by atoms with E-state index in [0.717, 1.165) is 31.1 Å². The van der Waals surface area contributed by atoms with Gasteiger partial charge in [0.15, 0.2) is 19.7 Å². The smallest absolute Gasteiger partial charge is 0.177 e. The second-order valence-electron chi connectivity index (χ2n) is 7.03. The molecule has 1 aromatic heterocycles. The molecule has 2 heterocycles. The fraction of sp³-hybridized carbons (Fsp3) is 0.444.